The third kappa shape index (κ3) is 6.65. The van der Waals surface area contributed by atoms with Crippen molar-refractivity contribution in [2.45, 2.75) is 18.9 Å². The van der Waals surface area contributed by atoms with Crippen molar-refractivity contribution in [2.75, 3.05) is 19.3 Å². The van der Waals surface area contributed by atoms with Crippen LogP contribution in [0.2, 0.25) is 0 Å². The Kier molecular flexibility index (Phi) is 5.61. The van der Waals surface area contributed by atoms with Crippen LogP contribution < -0.4 is 16.8 Å². The zero-order valence-electron chi connectivity index (χ0n) is 10.7. The van der Waals surface area contributed by atoms with E-state index in [9.17, 15) is 9.59 Å². The van der Waals surface area contributed by atoms with Crippen molar-refractivity contribution in [3.63, 3.8) is 0 Å². The van der Waals surface area contributed by atoms with E-state index < -0.39 is 0 Å². The quantitative estimate of drug-likeness (QED) is 0.366. The van der Waals surface area contributed by atoms with Crippen LogP contribution in [0.3, 0.4) is 0 Å². The molecular weight excluding hydrogens is 268 g/mol. The fourth-order valence-corrected chi connectivity index (χ4v) is 1.84. The average molecular weight is 286 g/mol. The fourth-order valence-electron chi connectivity index (χ4n) is 1.19. The number of carbonyl (C=O) groups is 2. The number of aliphatic imine (C=N–C) groups is 1. The van der Waals surface area contributed by atoms with E-state index in [-0.39, 0.29) is 41.3 Å². The Morgan fingerprint density at radius 3 is 2.63 bits per heavy atom. The lowest BCUT2D eigenvalue weighted by atomic mass is 10.5. The van der Waals surface area contributed by atoms with E-state index in [0.717, 1.165) is 24.6 Å². The number of hydrogen-bond acceptors (Lipinski definition) is 4. The summed E-state index contributed by atoms with van der Waals surface area (Å²) in [5.41, 5.74) is 10.2. The number of likely N-dealkylation sites (N-methyl/N-ethyl adjacent to an activating group) is 1. The molecule has 1 saturated carbocycles. The van der Waals surface area contributed by atoms with Crippen molar-refractivity contribution < 1.29 is 9.59 Å². The molecule has 0 radical (unpaired) electrons. The van der Waals surface area contributed by atoms with Gasteiger partial charge in [-0.1, -0.05) is 11.8 Å². The van der Waals surface area contributed by atoms with Gasteiger partial charge in [-0.15, -0.1) is 0 Å². The molecule has 6 N–H and O–H groups in total. The molecule has 2 amide bonds. The third-order valence-electron chi connectivity index (χ3n) is 2.31. The van der Waals surface area contributed by atoms with Crippen LogP contribution in [0, 0.1) is 5.41 Å². The molecule has 8 nitrogen and oxygen atoms in total. The van der Waals surface area contributed by atoms with Gasteiger partial charge in [-0.3, -0.25) is 15.0 Å². The largest absolute Gasteiger partial charge is 0.370 e. The van der Waals surface area contributed by atoms with E-state index in [1.807, 2.05) is 0 Å². The molecule has 0 bridgehead atoms. The molecule has 1 rings (SSSR count). The van der Waals surface area contributed by atoms with E-state index in [1.165, 1.54) is 4.90 Å². The standard InChI is InChI=1S/C10H18N6O2S/c1-16(4-7(17)14-6-2-3-6)8(18)5-19-10(13)15-9(11)12/h6H,2-5H2,1H3,(H,14,17)(H5,11,12,13,15). The molecule has 0 aromatic rings. The first-order chi connectivity index (χ1) is 8.88. The van der Waals surface area contributed by atoms with Crippen LogP contribution in [-0.2, 0) is 9.59 Å². The number of guanidine groups is 1. The highest BCUT2D eigenvalue weighted by molar-refractivity contribution is 8.14. The smallest absolute Gasteiger partial charge is 0.239 e. The van der Waals surface area contributed by atoms with Gasteiger partial charge < -0.3 is 21.7 Å². The Balaban J connectivity index is 2.25. The Morgan fingerprint density at radius 1 is 1.47 bits per heavy atom. The highest BCUT2D eigenvalue weighted by Gasteiger charge is 2.24. The summed E-state index contributed by atoms with van der Waals surface area (Å²) in [5.74, 6) is -0.626. The molecule has 0 unspecified atom stereocenters. The van der Waals surface area contributed by atoms with Gasteiger partial charge in [0.05, 0.1) is 12.3 Å². The molecule has 0 atom stereocenters. The summed E-state index contributed by atoms with van der Waals surface area (Å²) >= 11 is 0.907. The number of amidine groups is 1. The summed E-state index contributed by atoms with van der Waals surface area (Å²) in [5, 5.41) is 10.0. The third-order valence-corrected chi connectivity index (χ3v) is 3.07. The van der Waals surface area contributed by atoms with Gasteiger partial charge in [-0.05, 0) is 12.8 Å². The molecule has 106 valence electrons. The molecular formula is C10H18N6O2S. The first kappa shape index (κ1) is 15.3. The number of rotatable bonds is 5. The molecule has 0 aromatic heterocycles. The molecule has 0 aromatic carbocycles. The normalized spacial score (nSPS) is 13.5. The molecule has 19 heavy (non-hydrogen) atoms. The van der Waals surface area contributed by atoms with Gasteiger partial charge >= 0.3 is 0 Å². The van der Waals surface area contributed by atoms with Crippen molar-refractivity contribution in [3.05, 3.63) is 0 Å². The van der Waals surface area contributed by atoms with Gasteiger partial charge in [0.25, 0.3) is 0 Å². The second kappa shape index (κ2) is 6.98. The number of nitrogens with two attached hydrogens (primary N) is 2. The van der Waals surface area contributed by atoms with Crippen molar-refractivity contribution in [2.24, 2.45) is 16.5 Å². The predicted octanol–water partition coefficient (Wildman–Crippen LogP) is -1.34. The van der Waals surface area contributed by atoms with Gasteiger partial charge in [0, 0.05) is 13.1 Å². The van der Waals surface area contributed by atoms with E-state index in [0.29, 0.717) is 0 Å². The molecule has 1 aliphatic carbocycles. The number of thioether (sulfide) groups is 1. The first-order valence-corrected chi connectivity index (χ1v) is 6.71. The number of carbonyl (C=O) groups excluding carboxylic acids is 2. The van der Waals surface area contributed by atoms with E-state index in [2.05, 4.69) is 10.3 Å². The summed E-state index contributed by atoms with van der Waals surface area (Å²) in [6, 6.07) is 0.278. The van der Waals surface area contributed by atoms with Crippen molar-refractivity contribution in [3.8, 4) is 0 Å². The van der Waals surface area contributed by atoms with E-state index in [1.54, 1.807) is 7.05 Å². The molecule has 0 saturated heterocycles. The van der Waals surface area contributed by atoms with Crippen LogP contribution in [-0.4, -0.2) is 53.2 Å². The van der Waals surface area contributed by atoms with E-state index in [4.69, 9.17) is 16.9 Å². The Hall–Kier alpha value is -1.77. The molecule has 1 fully saturated rings. The minimum atomic E-state index is -0.258. The lowest BCUT2D eigenvalue weighted by molar-refractivity contribution is -0.132. The topological polar surface area (TPSA) is 138 Å². The predicted molar refractivity (Wildman–Crippen MR) is 74.8 cm³/mol. The lowest BCUT2D eigenvalue weighted by Crippen LogP contribution is -2.39. The van der Waals surface area contributed by atoms with Crippen molar-refractivity contribution in [1.29, 1.82) is 5.41 Å². The summed E-state index contributed by atoms with van der Waals surface area (Å²) in [4.78, 5) is 28.0. The molecule has 0 heterocycles. The first-order valence-electron chi connectivity index (χ1n) is 5.72. The van der Waals surface area contributed by atoms with E-state index >= 15 is 0 Å². The maximum Gasteiger partial charge on any atom is 0.239 e. The van der Waals surface area contributed by atoms with Gasteiger partial charge in [-0.2, -0.15) is 4.99 Å². The Labute approximate surface area is 115 Å². The number of nitrogens with one attached hydrogen (secondary N) is 2. The zero-order valence-corrected chi connectivity index (χ0v) is 11.5. The van der Waals surface area contributed by atoms with Crippen LogP contribution in [0.4, 0.5) is 0 Å². The summed E-state index contributed by atoms with van der Waals surface area (Å²) in [6.45, 7) is 0.0194. The van der Waals surface area contributed by atoms with Gasteiger partial charge in [0.15, 0.2) is 11.1 Å². The highest BCUT2D eigenvalue weighted by Crippen LogP contribution is 2.18. The number of nitrogens with zero attached hydrogens (tertiary/aromatic N) is 2. The van der Waals surface area contributed by atoms with Crippen LogP contribution in [0.5, 0.6) is 0 Å². The fraction of sp³-hybridized carbons (Fsp3) is 0.600. The van der Waals surface area contributed by atoms with Gasteiger partial charge in [-0.25, -0.2) is 0 Å². The Morgan fingerprint density at radius 2 is 2.11 bits per heavy atom. The maximum absolute atomic E-state index is 11.7. The SMILES string of the molecule is CN(CC(=O)NC1CC1)C(=O)CSC(=N)N=C(N)N. The molecule has 9 heteroatoms. The summed E-state index contributed by atoms with van der Waals surface area (Å²) in [7, 11) is 1.54. The van der Waals surface area contributed by atoms with Crippen LogP contribution in [0.25, 0.3) is 0 Å². The zero-order chi connectivity index (χ0) is 14.4. The van der Waals surface area contributed by atoms with Gasteiger partial charge in [0.1, 0.15) is 0 Å². The lowest BCUT2D eigenvalue weighted by Gasteiger charge is -2.16. The van der Waals surface area contributed by atoms with Gasteiger partial charge in [0.2, 0.25) is 11.8 Å². The minimum Gasteiger partial charge on any atom is -0.370 e. The molecule has 0 aliphatic heterocycles. The number of amides is 2. The van der Waals surface area contributed by atoms with Crippen LogP contribution in [0.15, 0.2) is 4.99 Å². The average Bonchev–Trinajstić information content (AvgIpc) is 3.08. The summed E-state index contributed by atoms with van der Waals surface area (Å²) < 4.78 is 0. The number of hydrogen-bond donors (Lipinski definition) is 4. The van der Waals surface area contributed by atoms with Crippen LogP contribution in [0.1, 0.15) is 12.8 Å². The summed E-state index contributed by atoms with van der Waals surface area (Å²) in [6.07, 6.45) is 2.02. The Bertz CT molecular complexity index is 403. The minimum absolute atomic E-state index is 0.0167. The van der Waals surface area contributed by atoms with Crippen LogP contribution >= 0.6 is 11.8 Å². The second-order valence-electron chi connectivity index (χ2n) is 4.22. The monoisotopic (exact) mass is 286 g/mol. The molecule has 1 aliphatic rings. The van der Waals surface area contributed by atoms with Crippen molar-refractivity contribution >= 4 is 34.7 Å². The second-order valence-corrected chi connectivity index (χ2v) is 5.19. The molecule has 0 spiro atoms. The maximum atomic E-state index is 11.7. The van der Waals surface area contributed by atoms with Crippen molar-refractivity contribution in [1.82, 2.24) is 10.2 Å². The highest BCUT2D eigenvalue weighted by atomic mass is 32.2.